The van der Waals surface area contributed by atoms with Gasteiger partial charge in [0.15, 0.2) is 0 Å². The Balaban J connectivity index is 2.80. The van der Waals surface area contributed by atoms with Crippen molar-refractivity contribution in [1.82, 2.24) is 9.97 Å². The third-order valence-electron chi connectivity index (χ3n) is 2.74. The average molecular weight is 267 g/mol. The molecule has 0 unspecified atom stereocenters. The normalized spacial score (nSPS) is 11.2. The number of aromatic nitrogens is 2. The number of nitrogens with zero attached hydrogens (tertiary/aromatic N) is 2. The molecule has 1 rings (SSSR count). The second-order valence-electron chi connectivity index (χ2n) is 4.99. The number of carboxylic acids is 1. The summed E-state index contributed by atoms with van der Waals surface area (Å²) in [5.41, 5.74) is 0.466. The molecule has 0 fully saturated rings. The van der Waals surface area contributed by atoms with Gasteiger partial charge in [-0.1, -0.05) is 0 Å². The lowest BCUT2D eigenvalue weighted by Crippen LogP contribution is -2.32. The number of rotatable bonds is 7. The summed E-state index contributed by atoms with van der Waals surface area (Å²) in [7, 11) is 0. The van der Waals surface area contributed by atoms with Crippen LogP contribution in [0.25, 0.3) is 0 Å². The topological polar surface area (TPSA) is 84.3 Å². The largest absolute Gasteiger partial charge is 0.481 e. The SMILES string of the molecule is CCOc1ncnc(NC(C)(C)CCC(=O)O)c1C. The number of hydrogen-bond acceptors (Lipinski definition) is 5. The molecule has 0 saturated heterocycles. The highest BCUT2D eigenvalue weighted by molar-refractivity contribution is 5.67. The van der Waals surface area contributed by atoms with Crippen LogP contribution in [0.3, 0.4) is 0 Å². The van der Waals surface area contributed by atoms with Crippen LogP contribution in [0.4, 0.5) is 5.82 Å². The third-order valence-corrected chi connectivity index (χ3v) is 2.74. The van der Waals surface area contributed by atoms with Crippen molar-refractivity contribution in [2.45, 2.75) is 46.1 Å². The van der Waals surface area contributed by atoms with E-state index in [0.717, 1.165) is 5.56 Å². The molecular formula is C13H21N3O3. The Labute approximate surface area is 113 Å². The Morgan fingerprint density at radius 1 is 1.47 bits per heavy atom. The monoisotopic (exact) mass is 267 g/mol. The van der Waals surface area contributed by atoms with Gasteiger partial charge in [0.25, 0.3) is 0 Å². The number of hydrogen-bond donors (Lipinski definition) is 2. The molecule has 106 valence electrons. The number of anilines is 1. The molecule has 2 N–H and O–H groups in total. The highest BCUT2D eigenvalue weighted by Gasteiger charge is 2.21. The molecule has 0 aliphatic heterocycles. The van der Waals surface area contributed by atoms with E-state index >= 15 is 0 Å². The number of aliphatic carboxylic acids is 1. The van der Waals surface area contributed by atoms with Crippen molar-refractivity contribution in [2.24, 2.45) is 0 Å². The Morgan fingerprint density at radius 2 is 2.16 bits per heavy atom. The van der Waals surface area contributed by atoms with Gasteiger partial charge in [-0.25, -0.2) is 9.97 Å². The van der Waals surface area contributed by atoms with Crippen LogP contribution in [0.1, 0.15) is 39.2 Å². The van der Waals surface area contributed by atoms with E-state index in [0.29, 0.717) is 24.7 Å². The molecule has 1 aromatic rings. The van der Waals surface area contributed by atoms with E-state index in [1.807, 2.05) is 27.7 Å². The first kappa shape index (κ1) is 15.2. The van der Waals surface area contributed by atoms with Gasteiger partial charge in [-0.2, -0.15) is 0 Å². The van der Waals surface area contributed by atoms with E-state index in [1.165, 1.54) is 6.33 Å². The first-order valence-electron chi connectivity index (χ1n) is 6.30. The minimum Gasteiger partial charge on any atom is -0.481 e. The van der Waals surface area contributed by atoms with Gasteiger partial charge in [0, 0.05) is 12.0 Å². The first-order chi connectivity index (χ1) is 8.85. The van der Waals surface area contributed by atoms with Crippen LogP contribution in [-0.4, -0.2) is 33.2 Å². The van der Waals surface area contributed by atoms with Gasteiger partial charge in [-0.3, -0.25) is 4.79 Å². The molecule has 19 heavy (non-hydrogen) atoms. The van der Waals surface area contributed by atoms with E-state index in [4.69, 9.17) is 9.84 Å². The third kappa shape index (κ3) is 4.73. The van der Waals surface area contributed by atoms with Crippen molar-refractivity contribution in [2.75, 3.05) is 11.9 Å². The first-order valence-corrected chi connectivity index (χ1v) is 6.30. The molecule has 6 heteroatoms. The van der Waals surface area contributed by atoms with Crippen molar-refractivity contribution >= 4 is 11.8 Å². The zero-order chi connectivity index (χ0) is 14.5. The molecule has 6 nitrogen and oxygen atoms in total. The van der Waals surface area contributed by atoms with Crippen LogP contribution < -0.4 is 10.1 Å². The average Bonchev–Trinajstić information content (AvgIpc) is 2.32. The number of nitrogens with one attached hydrogen (secondary N) is 1. The fourth-order valence-electron chi connectivity index (χ4n) is 1.64. The maximum Gasteiger partial charge on any atom is 0.303 e. The molecule has 1 aromatic heterocycles. The molecule has 0 saturated carbocycles. The summed E-state index contributed by atoms with van der Waals surface area (Å²) in [6.07, 6.45) is 2.06. The Kier molecular flexibility index (Phi) is 5.09. The lowest BCUT2D eigenvalue weighted by molar-refractivity contribution is -0.137. The number of carboxylic acid groups (broad SMARTS) is 1. The predicted molar refractivity (Wildman–Crippen MR) is 72.5 cm³/mol. The molecular weight excluding hydrogens is 246 g/mol. The van der Waals surface area contributed by atoms with Crippen molar-refractivity contribution in [3.63, 3.8) is 0 Å². The summed E-state index contributed by atoms with van der Waals surface area (Å²) in [5.74, 6) is 0.423. The molecule has 0 atom stereocenters. The minimum atomic E-state index is -0.802. The van der Waals surface area contributed by atoms with Crippen molar-refractivity contribution < 1.29 is 14.6 Å². The number of ether oxygens (including phenoxy) is 1. The van der Waals surface area contributed by atoms with E-state index in [2.05, 4.69) is 15.3 Å². The van der Waals surface area contributed by atoms with Gasteiger partial charge in [0.05, 0.1) is 12.2 Å². The van der Waals surface area contributed by atoms with Gasteiger partial charge in [0.2, 0.25) is 5.88 Å². The standard InChI is InChI=1S/C13H21N3O3/c1-5-19-12-9(2)11(14-8-15-12)16-13(3,4)7-6-10(17)18/h8H,5-7H2,1-4H3,(H,17,18)(H,14,15,16). The summed E-state index contributed by atoms with van der Waals surface area (Å²) >= 11 is 0. The summed E-state index contributed by atoms with van der Waals surface area (Å²) in [4.78, 5) is 18.9. The second kappa shape index (κ2) is 6.36. The summed E-state index contributed by atoms with van der Waals surface area (Å²) < 4.78 is 5.40. The van der Waals surface area contributed by atoms with Gasteiger partial charge < -0.3 is 15.2 Å². The number of carbonyl (C=O) groups is 1. The highest BCUT2D eigenvalue weighted by atomic mass is 16.5. The Morgan fingerprint density at radius 3 is 2.74 bits per heavy atom. The van der Waals surface area contributed by atoms with E-state index in [1.54, 1.807) is 0 Å². The Bertz CT molecular complexity index is 447. The summed E-state index contributed by atoms with van der Waals surface area (Å²) in [6.45, 7) is 8.20. The van der Waals surface area contributed by atoms with E-state index in [-0.39, 0.29) is 12.0 Å². The minimum absolute atomic E-state index is 0.114. The lowest BCUT2D eigenvalue weighted by atomic mass is 9.98. The maximum atomic E-state index is 10.6. The van der Waals surface area contributed by atoms with E-state index < -0.39 is 5.97 Å². The van der Waals surface area contributed by atoms with Crippen LogP contribution in [0.2, 0.25) is 0 Å². The van der Waals surface area contributed by atoms with Crippen molar-refractivity contribution in [1.29, 1.82) is 0 Å². The second-order valence-corrected chi connectivity index (χ2v) is 4.99. The molecule has 0 spiro atoms. The highest BCUT2D eigenvalue weighted by Crippen LogP contribution is 2.25. The fraction of sp³-hybridized carbons (Fsp3) is 0.615. The zero-order valence-electron chi connectivity index (χ0n) is 11.9. The van der Waals surface area contributed by atoms with Crippen LogP contribution in [-0.2, 0) is 4.79 Å². The maximum absolute atomic E-state index is 10.6. The predicted octanol–water partition coefficient (Wildman–Crippen LogP) is 2.24. The van der Waals surface area contributed by atoms with Crippen molar-refractivity contribution in [3.8, 4) is 5.88 Å². The van der Waals surface area contributed by atoms with E-state index in [9.17, 15) is 4.79 Å². The molecule has 0 bridgehead atoms. The van der Waals surface area contributed by atoms with Crippen LogP contribution in [0.15, 0.2) is 6.33 Å². The molecule has 0 aliphatic rings. The van der Waals surface area contributed by atoms with Crippen molar-refractivity contribution in [3.05, 3.63) is 11.9 Å². The van der Waals surface area contributed by atoms with Gasteiger partial charge in [0.1, 0.15) is 12.1 Å². The molecule has 1 heterocycles. The Hall–Kier alpha value is -1.85. The molecule has 0 radical (unpaired) electrons. The smallest absolute Gasteiger partial charge is 0.303 e. The fourth-order valence-corrected chi connectivity index (χ4v) is 1.64. The molecule has 0 aromatic carbocycles. The van der Waals surface area contributed by atoms with Crippen LogP contribution in [0.5, 0.6) is 5.88 Å². The summed E-state index contributed by atoms with van der Waals surface area (Å²) in [5, 5.41) is 12.0. The van der Waals surface area contributed by atoms with Crippen LogP contribution >= 0.6 is 0 Å². The van der Waals surface area contributed by atoms with Crippen LogP contribution in [0, 0.1) is 6.92 Å². The molecule has 0 aliphatic carbocycles. The van der Waals surface area contributed by atoms with Gasteiger partial charge in [-0.15, -0.1) is 0 Å². The molecule has 0 amide bonds. The summed E-state index contributed by atoms with van der Waals surface area (Å²) in [6, 6.07) is 0. The quantitative estimate of drug-likeness (QED) is 0.788. The lowest BCUT2D eigenvalue weighted by Gasteiger charge is -2.27. The van der Waals surface area contributed by atoms with Gasteiger partial charge >= 0.3 is 5.97 Å². The zero-order valence-corrected chi connectivity index (χ0v) is 11.9. The van der Waals surface area contributed by atoms with Gasteiger partial charge in [-0.05, 0) is 34.1 Å².